The van der Waals surface area contributed by atoms with Crippen molar-refractivity contribution < 1.29 is 0 Å². The monoisotopic (exact) mass is 177 g/mol. The van der Waals surface area contributed by atoms with Crippen LogP contribution in [0.2, 0.25) is 0 Å². The lowest BCUT2D eigenvalue weighted by molar-refractivity contribution is 0.878. The van der Waals surface area contributed by atoms with Crippen LogP contribution in [0.25, 0.3) is 12.2 Å². The number of nitrogens with one attached hydrogen (secondary N) is 1. The normalized spacial score (nSPS) is 14.2. The zero-order chi connectivity index (χ0) is 9.84. The fourth-order valence-corrected chi connectivity index (χ4v) is 1.25. The molecule has 1 aromatic heterocycles. The van der Waals surface area contributed by atoms with E-state index in [-0.39, 0.29) is 5.56 Å². The highest BCUT2D eigenvalue weighted by Gasteiger charge is 1.89. The third-order valence-corrected chi connectivity index (χ3v) is 1.78. The van der Waals surface area contributed by atoms with Crippen LogP contribution in [0.5, 0.6) is 0 Å². The lowest BCUT2D eigenvalue weighted by Gasteiger charge is -1.94. The molecule has 0 atom stereocenters. The van der Waals surface area contributed by atoms with E-state index in [1.165, 1.54) is 0 Å². The van der Waals surface area contributed by atoms with E-state index in [1.54, 1.807) is 6.07 Å². The van der Waals surface area contributed by atoms with Crippen molar-refractivity contribution in [2.75, 3.05) is 0 Å². The zero-order valence-corrected chi connectivity index (χ0v) is 8.29. The Bertz CT molecular complexity index is 440. The van der Waals surface area contributed by atoms with E-state index >= 15 is 0 Å². The number of hydrogen-bond acceptors (Lipinski definition) is 1. The molecule has 0 bridgehead atoms. The van der Waals surface area contributed by atoms with Gasteiger partial charge in [0.15, 0.2) is 0 Å². The van der Waals surface area contributed by atoms with Crippen LogP contribution in [0.3, 0.4) is 0 Å². The highest BCUT2D eigenvalue weighted by atomic mass is 16.1. The van der Waals surface area contributed by atoms with Gasteiger partial charge in [-0.25, -0.2) is 0 Å². The number of pyridine rings is 1. The van der Waals surface area contributed by atoms with Gasteiger partial charge in [0, 0.05) is 11.4 Å². The Morgan fingerprint density at radius 1 is 1.38 bits per heavy atom. The van der Waals surface area contributed by atoms with E-state index < -0.39 is 0 Å². The summed E-state index contributed by atoms with van der Waals surface area (Å²) in [5, 5.41) is 2.00. The van der Waals surface area contributed by atoms with Crippen molar-refractivity contribution in [2.45, 2.75) is 20.8 Å². The topological polar surface area (TPSA) is 32.9 Å². The van der Waals surface area contributed by atoms with Crippen molar-refractivity contribution in [3.63, 3.8) is 0 Å². The summed E-state index contributed by atoms with van der Waals surface area (Å²) in [5.74, 6) is 0.490. The average Bonchev–Trinajstić information content (AvgIpc) is 2.07. The molecule has 0 aliphatic rings. The Morgan fingerprint density at radius 2 is 2.08 bits per heavy atom. The van der Waals surface area contributed by atoms with Gasteiger partial charge in [-0.3, -0.25) is 4.79 Å². The number of aromatic nitrogens is 1. The molecule has 0 aromatic carbocycles. The molecular formula is C11H15NO. The molecule has 0 amide bonds. The summed E-state index contributed by atoms with van der Waals surface area (Å²) in [5.41, 5.74) is -0.0472. The minimum absolute atomic E-state index is 0.0472. The van der Waals surface area contributed by atoms with Crippen molar-refractivity contribution in [1.29, 1.82) is 0 Å². The molecule has 0 fully saturated rings. The second-order valence-corrected chi connectivity index (χ2v) is 3.39. The van der Waals surface area contributed by atoms with Crippen LogP contribution in [0.15, 0.2) is 16.9 Å². The molecule has 1 rings (SSSR count). The summed E-state index contributed by atoms with van der Waals surface area (Å²) >= 11 is 0. The van der Waals surface area contributed by atoms with Crippen molar-refractivity contribution in [3.05, 3.63) is 33.1 Å². The number of hydrogen-bond donors (Lipinski definition) is 1. The maximum atomic E-state index is 11.0. The summed E-state index contributed by atoms with van der Waals surface area (Å²) < 4.78 is 0. The Kier molecular flexibility index (Phi) is 3.07. The van der Waals surface area contributed by atoms with Crippen molar-refractivity contribution in [2.24, 2.45) is 5.92 Å². The minimum Gasteiger partial charge on any atom is -0.322 e. The Hall–Kier alpha value is -1.31. The third-order valence-electron chi connectivity index (χ3n) is 1.78. The van der Waals surface area contributed by atoms with E-state index in [2.05, 4.69) is 24.9 Å². The molecule has 0 spiro atoms. The van der Waals surface area contributed by atoms with Crippen LogP contribution in [0.4, 0.5) is 0 Å². The van der Waals surface area contributed by atoms with Gasteiger partial charge in [0.2, 0.25) is 5.56 Å². The first kappa shape index (κ1) is 9.78. The molecule has 70 valence electrons. The summed E-state index contributed by atoms with van der Waals surface area (Å²) in [6, 6.07) is 3.41. The summed E-state index contributed by atoms with van der Waals surface area (Å²) in [6.45, 7) is 6.15. The lowest BCUT2D eigenvalue weighted by atomic mass is 10.1. The quantitative estimate of drug-likeness (QED) is 0.670. The SMILES string of the molecule is C/C=c1/[nH]c(=O)cc/c1=C/C(C)C. The summed E-state index contributed by atoms with van der Waals surface area (Å²) in [7, 11) is 0. The molecule has 0 unspecified atom stereocenters. The molecule has 0 saturated heterocycles. The number of aromatic amines is 1. The maximum absolute atomic E-state index is 11.0. The summed E-state index contributed by atoms with van der Waals surface area (Å²) in [6.07, 6.45) is 4.04. The highest BCUT2D eigenvalue weighted by Crippen LogP contribution is 1.89. The molecule has 1 N–H and O–H groups in total. The first-order chi connectivity index (χ1) is 6.13. The fourth-order valence-electron chi connectivity index (χ4n) is 1.25. The van der Waals surface area contributed by atoms with Gasteiger partial charge in [-0.1, -0.05) is 26.0 Å². The average molecular weight is 177 g/mol. The van der Waals surface area contributed by atoms with Crippen LogP contribution >= 0.6 is 0 Å². The molecule has 1 heterocycles. The van der Waals surface area contributed by atoms with Crippen molar-refractivity contribution in [1.82, 2.24) is 4.98 Å². The first-order valence-corrected chi connectivity index (χ1v) is 4.51. The molecule has 0 radical (unpaired) electrons. The summed E-state index contributed by atoms with van der Waals surface area (Å²) in [4.78, 5) is 13.8. The van der Waals surface area contributed by atoms with E-state index in [1.807, 2.05) is 19.1 Å². The zero-order valence-electron chi connectivity index (χ0n) is 8.29. The van der Waals surface area contributed by atoms with Crippen LogP contribution in [-0.2, 0) is 0 Å². The van der Waals surface area contributed by atoms with Crippen molar-refractivity contribution in [3.8, 4) is 0 Å². The van der Waals surface area contributed by atoms with Gasteiger partial charge in [0.05, 0.1) is 0 Å². The number of H-pyrrole nitrogens is 1. The maximum Gasteiger partial charge on any atom is 0.248 e. The van der Waals surface area contributed by atoms with Crippen LogP contribution in [0.1, 0.15) is 20.8 Å². The smallest absolute Gasteiger partial charge is 0.248 e. The third kappa shape index (κ3) is 2.58. The van der Waals surface area contributed by atoms with Gasteiger partial charge in [-0.05, 0) is 24.1 Å². The van der Waals surface area contributed by atoms with E-state index in [0.29, 0.717) is 5.92 Å². The fraction of sp³-hybridized carbons (Fsp3) is 0.364. The molecule has 0 saturated carbocycles. The second-order valence-electron chi connectivity index (χ2n) is 3.39. The molecule has 2 nitrogen and oxygen atoms in total. The predicted octanol–water partition coefficient (Wildman–Crippen LogP) is 0.612. The molecule has 0 aliphatic heterocycles. The second kappa shape index (κ2) is 4.08. The largest absolute Gasteiger partial charge is 0.322 e. The van der Waals surface area contributed by atoms with E-state index in [0.717, 1.165) is 10.6 Å². The van der Waals surface area contributed by atoms with Gasteiger partial charge in [-0.15, -0.1) is 0 Å². The first-order valence-electron chi connectivity index (χ1n) is 4.51. The van der Waals surface area contributed by atoms with Gasteiger partial charge >= 0.3 is 0 Å². The Labute approximate surface area is 77.6 Å². The number of rotatable bonds is 1. The van der Waals surface area contributed by atoms with Gasteiger partial charge < -0.3 is 4.98 Å². The predicted molar refractivity (Wildman–Crippen MR) is 55.8 cm³/mol. The van der Waals surface area contributed by atoms with Crippen LogP contribution in [-0.4, -0.2) is 4.98 Å². The highest BCUT2D eigenvalue weighted by molar-refractivity contribution is 5.28. The van der Waals surface area contributed by atoms with E-state index in [4.69, 9.17) is 0 Å². The van der Waals surface area contributed by atoms with Gasteiger partial charge in [0.25, 0.3) is 0 Å². The van der Waals surface area contributed by atoms with Crippen LogP contribution < -0.4 is 16.1 Å². The molecule has 0 aliphatic carbocycles. The standard InChI is InChI=1S/C11H15NO/c1-4-10-9(7-8(2)3)5-6-11(13)12-10/h4-8H,1-3H3,(H,12,13)/b9-7-,10-4+. The Morgan fingerprint density at radius 3 is 2.62 bits per heavy atom. The lowest BCUT2D eigenvalue weighted by Crippen LogP contribution is -2.33. The molecular weight excluding hydrogens is 162 g/mol. The van der Waals surface area contributed by atoms with Gasteiger partial charge in [-0.2, -0.15) is 0 Å². The van der Waals surface area contributed by atoms with Gasteiger partial charge in [0.1, 0.15) is 0 Å². The Balaban J connectivity index is 3.48. The van der Waals surface area contributed by atoms with E-state index in [9.17, 15) is 4.79 Å². The molecule has 13 heavy (non-hydrogen) atoms. The van der Waals surface area contributed by atoms with Crippen molar-refractivity contribution >= 4 is 12.2 Å². The molecule has 1 aromatic rings. The molecule has 2 heteroatoms. The van der Waals surface area contributed by atoms with Crippen LogP contribution in [0, 0.1) is 5.92 Å². The minimum atomic E-state index is -0.0472.